The normalized spacial score (nSPS) is 11.7. The van der Waals surface area contributed by atoms with Crippen molar-refractivity contribution in [2.24, 2.45) is 0 Å². The van der Waals surface area contributed by atoms with Gasteiger partial charge in [-0.3, -0.25) is 13.9 Å². The van der Waals surface area contributed by atoms with Crippen LogP contribution in [0.15, 0.2) is 59.7 Å². The van der Waals surface area contributed by atoms with Crippen molar-refractivity contribution in [1.29, 1.82) is 0 Å². The number of hydrogen-bond donors (Lipinski definition) is 0. The van der Waals surface area contributed by atoms with Gasteiger partial charge in [0.2, 0.25) is 0 Å². The fourth-order valence-corrected chi connectivity index (χ4v) is 3.62. The second-order valence-electron chi connectivity index (χ2n) is 7.00. The van der Waals surface area contributed by atoms with Gasteiger partial charge < -0.3 is 0 Å². The first kappa shape index (κ1) is 17.5. The van der Waals surface area contributed by atoms with Crippen LogP contribution in [0.1, 0.15) is 19.8 Å². The number of aromatic nitrogens is 5. The summed E-state index contributed by atoms with van der Waals surface area (Å²) < 4.78 is 17.3. The van der Waals surface area contributed by atoms with Gasteiger partial charge in [-0.15, -0.1) is 0 Å². The summed E-state index contributed by atoms with van der Waals surface area (Å²) in [5, 5.41) is 0.404. The molecule has 3 aromatic heterocycles. The SMILES string of the molecule is CCCCn1cnc2c(c1=O)c1nc3ccccc3nc1n2-c1cccc(F)c1. The number of fused-ring (bicyclic) bond motifs is 4. The Morgan fingerprint density at radius 2 is 1.79 bits per heavy atom. The molecule has 0 aliphatic heterocycles. The zero-order valence-electron chi connectivity index (χ0n) is 15.8. The number of aryl methyl sites for hydroxylation is 1. The number of para-hydroxylation sites is 2. The van der Waals surface area contributed by atoms with Crippen LogP contribution in [0, 0.1) is 5.82 Å². The highest BCUT2D eigenvalue weighted by molar-refractivity contribution is 6.05. The molecule has 0 spiro atoms. The third-order valence-electron chi connectivity index (χ3n) is 5.05. The van der Waals surface area contributed by atoms with Crippen molar-refractivity contribution < 1.29 is 4.39 Å². The Labute approximate surface area is 165 Å². The lowest BCUT2D eigenvalue weighted by Crippen LogP contribution is -2.20. The lowest BCUT2D eigenvalue weighted by atomic mass is 10.3. The molecular weight excluding hydrogens is 369 g/mol. The molecule has 0 bridgehead atoms. The minimum absolute atomic E-state index is 0.159. The third-order valence-corrected chi connectivity index (χ3v) is 5.05. The molecule has 0 radical (unpaired) electrons. The molecule has 0 fully saturated rings. The van der Waals surface area contributed by atoms with Crippen LogP contribution in [0.2, 0.25) is 0 Å². The van der Waals surface area contributed by atoms with Crippen LogP contribution in [0.25, 0.3) is 38.9 Å². The highest BCUT2D eigenvalue weighted by atomic mass is 19.1. The van der Waals surface area contributed by atoms with E-state index in [4.69, 9.17) is 9.97 Å². The molecule has 144 valence electrons. The summed E-state index contributed by atoms with van der Waals surface area (Å²) in [6.45, 7) is 2.66. The van der Waals surface area contributed by atoms with E-state index >= 15 is 0 Å². The maximum absolute atomic E-state index is 14.0. The number of benzene rings is 2. The van der Waals surface area contributed by atoms with E-state index in [9.17, 15) is 9.18 Å². The van der Waals surface area contributed by atoms with Gasteiger partial charge in [0, 0.05) is 6.54 Å². The largest absolute Gasteiger partial charge is 0.299 e. The Kier molecular flexibility index (Phi) is 4.08. The van der Waals surface area contributed by atoms with Crippen molar-refractivity contribution in [3.05, 3.63) is 71.0 Å². The highest BCUT2D eigenvalue weighted by Crippen LogP contribution is 2.28. The molecular formula is C22H18FN5O. The van der Waals surface area contributed by atoms with E-state index in [0.29, 0.717) is 45.5 Å². The Balaban J connectivity index is 1.94. The predicted molar refractivity (Wildman–Crippen MR) is 111 cm³/mol. The topological polar surface area (TPSA) is 65.6 Å². The molecule has 0 atom stereocenters. The zero-order valence-corrected chi connectivity index (χ0v) is 15.8. The van der Waals surface area contributed by atoms with E-state index in [2.05, 4.69) is 11.9 Å². The van der Waals surface area contributed by atoms with Crippen LogP contribution < -0.4 is 5.56 Å². The van der Waals surface area contributed by atoms with Crippen LogP contribution in [0.5, 0.6) is 0 Å². The van der Waals surface area contributed by atoms with E-state index in [1.165, 1.54) is 12.1 Å². The van der Waals surface area contributed by atoms with Gasteiger partial charge in [-0.2, -0.15) is 0 Å². The van der Waals surface area contributed by atoms with Crippen molar-refractivity contribution in [3.8, 4) is 5.69 Å². The number of nitrogens with zero attached hydrogens (tertiary/aromatic N) is 5. The zero-order chi connectivity index (χ0) is 20.0. The lowest BCUT2D eigenvalue weighted by Gasteiger charge is -2.07. The molecule has 0 saturated heterocycles. The average molecular weight is 387 g/mol. The molecule has 5 rings (SSSR count). The van der Waals surface area contributed by atoms with E-state index < -0.39 is 0 Å². The summed E-state index contributed by atoms with van der Waals surface area (Å²) in [4.78, 5) is 27.3. The summed E-state index contributed by atoms with van der Waals surface area (Å²) in [6, 6.07) is 13.7. The number of unbranched alkanes of at least 4 members (excludes halogenated alkanes) is 1. The van der Waals surface area contributed by atoms with Crippen LogP contribution in [0.4, 0.5) is 4.39 Å². The summed E-state index contributed by atoms with van der Waals surface area (Å²) >= 11 is 0. The molecule has 0 amide bonds. The monoisotopic (exact) mass is 387 g/mol. The predicted octanol–water partition coefficient (Wildman–Crippen LogP) is 4.22. The Bertz CT molecular complexity index is 1440. The molecule has 0 saturated carbocycles. The number of halogens is 1. The van der Waals surface area contributed by atoms with E-state index in [1.807, 2.05) is 24.3 Å². The minimum Gasteiger partial charge on any atom is -0.299 e. The van der Waals surface area contributed by atoms with Gasteiger partial charge in [0.1, 0.15) is 16.7 Å². The van der Waals surface area contributed by atoms with Crippen molar-refractivity contribution in [2.45, 2.75) is 26.3 Å². The summed E-state index contributed by atoms with van der Waals surface area (Å²) in [5.74, 6) is -0.373. The van der Waals surface area contributed by atoms with E-state index in [1.54, 1.807) is 27.6 Å². The summed E-state index contributed by atoms with van der Waals surface area (Å²) in [5.41, 5.74) is 3.18. The molecule has 7 heteroatoms. The van der Waals surface area contributed by atoms with Gasteiger partial charge in [0.15, 0.2) is 11.3 Å². The summed E-state index contributed by atoms with van der Waals surface area (Å²) in [7, 11) is 0. The number of rotatable bonds is 4. The molecule has 6 nitrogen and oxygen atoms in total. The standard InChI is InChI=1S/C22H18FN5O/c1-2-3-11-27-13-24-20-18(22(27)29)19-21(26-17-10-5-4-9-16(17)25-19)28(20)15-8-6-7-14(23)12-15/h4-10,12-13H,2-3,11H2,1H3. The molecule has 0 N–H and O–H groups in total. The van der Waals surface area contributed by atoms with E-state index in [-0.39, 0.29) is 11.4 Å². The third kappa shape index (κ3) is 2.77. The summed E-state index contributed by atoms with van der Waals surface area (Å²) in [6.07, 6.45) is 3.40. The van der Waals surface area contributed by atoms with Crippen LogP contribution in [-0.4, -0.2) is 24.1 Å². The molecule has 0 aliphatic rings. The smallest absolute Gasteiger partial charge is 0.265 e. The fraction of sp³-hybridized carbons (Fsp3) is 0.182. The fourth-order valence-electron chi connectivity index (χ4n) is 3.62. The first-order valence-electron chi connectivity index (χ1n) is 9.59. The van der Waals surface area contributed by atoms with Gasteiger partial charge in [0.25, 0.3) is 5.56 Å². The van der Waals surface area contributed by atoms with Gasteiger partial charge in [-0.05, 0) is 36.8 Å². The molecule has 2 aromatic carbocycles. The first-order chi connectivity index (χ1) is 14.2. The Morgan fingerprint density at radius 3 is 2.55 bits per heavy atom. The maximum Gasteiger partial charge on any atom is 0.265 e. The van der Waals surface area contributed by atoms with Gasteiger partial charge >= 0.3 is 0 Å². The van der Waals surface area contributed by atoms with Crippen LogP contribution in [0.3, 0.4) is 0 Å². The van der Waals surface area contributed by atoms with Crippen molar-refractivity contribution in [3.63, 3.8) is 0 Å². The van der Waals surface area contributed by atoms with Gasteiger partial charge in [-0.25, -0.2) is 19.3 Å². The van der Waals surface area contributed by atoms with Gasteiger partial charge in [0.05, 0.1) is 23.0 Å². The van der Waals surface area contributed by atoms with Crippen LogP contribution >= 0.6 is 0 Å². The Morgan fingerprint density at radius 1 is 1.00 bits per heavy atom. The van der Waals surface area contributed by atoms with Crippen LogP contribution in [-0.2, 0) is 6.54 Å². The van der Waals surface area contributed by atoms with Crippen molar-refractivity contribution in [2.75, 3.05) is 0 Å². The number of hydrogen-bond acceptors (Lipinski definition) is 4. The molecule has 5 aromatic rings. The van der Waals surface area contributed by atoms with Crippen molar-refractivity contribution >= 4 is 33.2 Å². The molecule has 3 heterocycles. The Hall–Kier alpha value is -3.61. The quantitative estimate of drug-likeness (QED) is 0.463. The van der Waals surface area contributed by atoms with Crippen molar-refractivity contribution in [1.82, 2.24) is 24.1 Å². The molecule has 29 heavy (non-hydrogen) atoms. The highest BCUT2D eigenvalue weighted by Gasteiger charge is 2.20. The maximum atomic E-state index is 14.0. The lowest BCUT2D eigenvalue weighted by molar-refractivity contribution is 0.608. The van der Waals surface area contributed by atoms with Gasteiger partial charge in [-0.1, -0.05) is 31.5 Å². The van der Waals surface area contributed by atoms with E-state index in [0.717, 1.165) is 12.8 Å². The minimum atomic E-state index is -0.373. The molecule has 0 aliphatic carbocycles. The average Bonchev–Trinajstić information content (AvgIpc) is 3.05. The second kappa shape index (κ2) is 6.77. The molecule has 0 unspecified atom stereocenters. The second-order valence-corrected chi connectivity index (χ2v) is 7.00. The first-order valence-corrected chi connectivity index (χ1v) is 9.59.